The van der Waals surface area contributed by atoms with Crippen LogP contribution in [0.15, 0.2) is 35.4 Å². The number of hydrogen-bond acceptors (Lipinski definition) is 3. The number of nitrogens with zero attached hydrogens (tertiary/aromatic N) is 2. The van der Waals surface area contributed by atoms with Gasteiger partial charge in [-0.1, -0.05) is 0 Å². The van der Waals surface area contributed by atoms with E-state index in [-0.39, 0.29) is 0 Å². The molecule has 72 valence electrons. The number of rotatable bonds is 1. The van der Waals surface area contributed by atoms with Crippen LogP contribution in [0.5, 0.6) is 0 Å². The van der Waals surface area contributed by atoms with E-state index in [2.05, 4.69) is 17.7 Å². The number of benzene rings is 1. The highest BCUT2D eigenvalue weighted by molar-refractivity contribution is 7.80. The summed E-state index contributed by atoms with van der Waals surface area (Å²) in [5, 5.41) is 4.28. The van der Waals surface area contributed by atoms with Crippen LogP contribution in [0, 0.1) is 6.92 Å². The lowest BCUT2D eigenvalue weighted by molar-refractivity contribution is 0.861. The molecule has 0 aliphatic carbocycles. The van der Waals surface area contributed by atoms with Crippen LogP contribution in [0.2, 0.25) is 0 Å². The third-order valence-electron chi connectivity index (χ3n) is 2.05. The van der Waals surface area contributed by atoms with Crippen LogP contribution in [0.1, 0.15) is 5.69 Å². The summed E-state index contributed by atoms with van der Waals surface area (Å²) in [4.78, 5) is 0.936. The van der Waals surface area contributed by atoms with E-state index in [0.717, 1.165) is 16.3 Å². The first-order valence-corrected chi connectivity index (χ1v) is 4.72. The van der Waals surface area contributed by atoms with Crippen molar-refractivity contribution in [1.29, 1.82) is 0 Å². The molecule has 0 saturated carbocycles. The summed E-state index contributed by atoms with van der Waals surface area (Å²) in [5.41, 5.74) is 8.25. The zero-order valence-electron chi connectivity index (χ0n) is 7.81. The van der Waals surface area contributed by atoms with E-state index in [1.54, 1.807) is 4.68 Å². The highest BCUT2D eigenvalue weighted by Gasteiger charge is 2.01. The summed E-state index contributed by atoms with van der Waals surface area (Å²) < 4.78 is 1.76. The van der Waals surface area contributed by atoms with E-state index < -0.39 is 0 Å². The number of aromatic nitrogens is 2. The average Bonchev–Trinajstić information content (AvgIpc) is 2.48. The molecule has 2 rings (SSSR count). The van der Waals surface area contributed by atoms with Gasteiger partial charge in [-0.25, -0.2) is 4.68 Å². The van der Waals surface area contributed by atoms with Gasteiger partial charge in [-0.05, 0) is 31.2 Å². The Morgan fingerprint density at radius 1 is 1.29 bits per heavy atom. The van der Waals surface area contributed by atoms with Crippen molar-refractivity contribution in [2.75, 3.05) is 5.73 Å². The molecule has 1 heterocycles. The van der Waals surface area contributed by atoms with Crippen LogP contribution in [0.25, 0.3) is 5.69 Å². The Labute approximate surface area is 88.0 Å². The van der Waals surface area contributed by atoms with E-state index in [4.69, 9.17) is 5.73 Å². The number of hydrogen-bond donors (Lipinski definition) is 2. The second-order valence-corrected chi connectivity index (χ2v) is 3.65. The van der Waals surface area contributed by atoms with Crippen molar-refractivity contribution < 1.29 is 0 Å². The van der Waals surface area contributed by atoms with Gasteiger partial charge in [-0.3, -0.25) is 0 Å². The highest BCUT2D eigenvalue weighted by Crippen LogP contribution is 2.14. The smallest absolute Gasteiger partial charge is 0.0827 e. The first-order chi connectivity index (χ1) is 6.66. The van der Waals surface area contributed by atoms with Gasteiger partial charge >= 0.3 is 0 Å². The molecule has 0 unspecified atom stereocenters. The minimum Gasteiger partial charge on any atom is -0.396 e. The molecule has 0 aliphatic rings. The van der Waals surface area contributed by atoms with Crippen molar-refractivity contribution in [3.63, 3.8) is 0 Å². The molecule has 0 saturated heterocycles. The fraction of sp³-hybridized carbons (Fsp3) is 0.100. The Balaban J connectivity index is 2.44. The molecule has 0 fully saturated rings. The molecule has 0 bridgehead atoms. The summed E-state index contributed by atoms with van der Waals surface area (Å²) in [6.07, 6.45) is 1.81. The molecule has 2 N–H and O–H groups in total. The minimum atomic E-state index is 0.708. The van der Waals surface area contributed by atoms with E-state index in [9.17, 15) is 0 Å². The van der Waals surface area contributed by atoms with Crippen molar-refractivity contribution in [2.24, 2.45) is 0 Å². The molecule has 3 nitrogen and oxygen atoms in total. The molecule has 1 aromatic heterocycles. The number of anilines is 1. The maximum atomic E-state index is 5.71. The molecule has 0 spiro atoms. The summed E-state index contributed by atoms with van der Waals surface area (Å²) in [5.74, 6) is 0. The van der Waals surface area contributed by atoms with Gasteiger partial charge in [-0.15, -0.1) is 12.6 Å². The number of thiol groups is 1. The summed E-state index contributed by atoms with van der Waals surface area (Å²) in [6.45, 7) is 1.89. The maximum absolute atomic E-state index is 5.71. The number of nitrogens with two attached hydrogens (primary N) is 1. The van der Waals surface area contributed by atoms with Crippen LogP contribution >= 0.6 is 12.6 Å². The molecule has 0 radical (unpaired) electrons. The molecular formula is C10H11N3S. The largest absolute Gasteiger partial charge is 0.396 e. The Bertz CT molecular complexity index is 425. The summed E-state index contributed by atoms with van der Waals surface area (Å²) >= 11 is 4.22. The zero-order valence-corrected chi connectivity index (χ0v) is 8.70. The van der Waals surface area contributed by atoms with Crippen molar-refractivity contribution in [3.05, 3.63) is 36.2 Å². The Morgan fingerprint density at radius 2 is 1.93 bits per heavy atom. The molecular weight excluding hydrogens is 194 g/mol. The van der Waals surface area contributed by atoms with E-state index in [1.165, 1.54) is 0 Å². The van der Waals surface area contributed by atoms with Crippen LogP contribution in [-0.4, -0.2) is 9.78 Å². The summed E-state index contributed by atoms with van der Waals surface area (Å²) in [7, 11) is 0. The van der Waals surface area contributed by atoms with Gasteiger partial charge < -0.3 is 5.73 Å². The van der Waals surface area contributed by atoms with Gasteiger partial charge in [0.25, 0.3) is 0 Å². The van der Waals surface area contributed by atoms with Gasteiger partial charge in [0.1, 0.15) is 0 Å². The van der Waals surface area contributed by atoms with Gasteiger partial charge in [0.2, 0.25) is 0 Å². The molecule has 0 atom stereocenters. The quantitative estimate of drug-likeness (QED) is 0.700. The first kappa shape index (κ1) is 9.15. The number of nitrogen functional groups attached to an aromatic ring is 1. The average molecular weight is 205 g/mol. The lowest BCUT2D eigenvalue weighted by atomic mass is 10.3. The fourth-order valence-electron chi connectivity index (χ4n) is 1.21. The van der Waals surface area contributed by atoms with Crippen LogP contribution in [0.3, 0.4) is 0 Å². The lowest BCUT2D eigenvalue weighted by Crippen LogP contribution is -1.93. The standard InChI is InChI=1S/C10H11N3S/c1-7-10(11)6-13(12-7)8-2-4-9(14)5-3-8/h2-6,14H,11H2,1H3. The first-order valence-electron chi connectivity index (χ1n) is 4.28. The molecule has 4 heteroatoms. The predicted molar refractivity (Wildman–Crippen MR) is 60.0 cm³/mol. The van der Waals surface area contributed by atoms with Crippen molar-refractivity contribution in [2.45, 2.75) is 11.8 Å². The van der Waals surface area contributed by atoms with Gasteiger partial charge in [0.15, 0.2) is 0 Å². The second kappa shape index (κ2) is 3.38. The lowest BCUT2D eigenvalue weighted by Gasteiger charge is -2.00. The second-order valence-electron chi connectivity index (χ2n) is 3.13. The minimum absolute atomic E-state index is 0.708. The van der Waals surface area contributed by atoms with Crippen molar-refractivity contribution in [3.8, 4) is 5.69 Å². The predicted octanol–water partition coefficient (Wildman–Crippen LogP) is 2.05. The molecule has 0 aliphatic heterocycles. The van der Waals surface area contributed by atoms with E-state index in [1.807, 2.05) is 37.4 Å². The fourth-order valence-corrected chi connectivity index (χ4v) is 1.36. The molecule has 2 aromatic rings. The van der Waals surface area contributed by atoms with Crippen molar-refractivity contribution in [1.82, 2.24) is 9.78 Å². The monoisotopic (exact) mass is 205 g/mol. The molecule has 1 aromatic carbocycles. The third kappa shape index (κ3) is 1.61. The number of aryl methyl sites for hydroxylation is 1. The van der Waals surface area contributed by atoms with Crippen LogP contribution in [0.4, 0.5) is 5.69 Å². The topological polar surface area (TPSA) is 43.8 Å². The normalized spacial score (nSPS) is 10.4. The Kier molecular flexibility index (Phi) is 2.21. The highest BCUT2D eigenvalue weighted by atomic mass is 32.1. The van der Waals surface area contributed by atoms with Crippen LogP contribution < -0.4 is 5.73 Å². The SMILES string of the molecule is Cc1nn(-c2ccc(S)cc2)cc1N. The van der Waals surface area contributed by atoms with Crippen LogP contribution in [-0.2, 0) is 0 Å². The van der Waals surface area contributed by atoms with Gasteiger partial charge in [-0.2, -0.15) is 5.10 Å². The third-order valence-corrected chi connectivity index (χ3v) is 2.35. The van der Waals surface area contributed by atoms with Crippen molar-refractivity contribution >= 4 is 18.3 Å². The molecule has 14 heavy (non-hydrogen) atoms. The summed E-state index contributed by atoms with van der Waals surface area (Å²) in [6, 6.07) is 7.75. The van der Waals surface area contributed by atoms with Gasteiger partial charge in [0.05, 0.1) is 23.3 Å². The van der Waals surface area contributed by atoms with Gasteiger partial charge in [0, 0.05) is 4.90 Å². The Hall–Kier alpha value is -1.42. The molecule has 0 amide bonds. The van der Waals surface area contributed by atoms with E-state index in [0.29, 0.717) is 5.69 Å². The zero-order chi connectivity index (χ0) is 10.1. The van der Waals surface area contributed by atoms with E-state index >= 15 is 0 Å². The Morgan fingerprint density at radius 3 is 2.43 bits per heavy atom. The maximum Gasteiger partial charge on any atom is 0.0827 e.